The molecule has 16 heavy (non-hydrogen) atoms. The van der Waals surface area contributed by atoms with Gasteiger partial charge in [-0.05, 0) is 48.9 Å². The SMILES string of the molecule is CCC(CC)(CN)Cc1c(Cl)cccc1Cl. The molecular weight excluding hydrogens is 241 g/mol. The summed E-state index contributed by atoms with van der Waals surface area (Å²) in [5, 5.41) is 1.49. The van der Waals surface area contributed by atoms with Gasteiger partial charge < -0.3 is 5.73 Å². The van der Waals surface area contributed by atoms with Crippen molar-refractivity contribution in [2.75, 3.05) is 6.54 Å². The first-order chi connectivity index (χ1) is 7.58. The first-order valence-electron chi connectivity index (χ1n) is 5.71. The van der Waals surface area contributed by atoms with Crippen LogP contribution < -0.4 is 5.73 Å². The van der Waals surface area contributed by atoms with Crippen LogP contribution in [0.5, 0.6) is 0 Å². The highest BCUT2D eigenvalue weighted by Gasteiger charge is 2.26. The van der Waals surface area contributed by atoms with Crippen LogP contribution in [0.25, 0.3) is 0 Å². The summed E-state index contributed by atoms with van der Waals surface area (Å²) in [5.41, 5.74) is 7.04. The van der Waals surface area contributed by atoms with Gasteiger partial charge in [-0.15, -0.1) is 0 Å². The Kier molecular flexibility index (Phi) is 5.10. The third-order valence-corrected chi connectivity index (χ3v) is 4.25. The van der Waals surface area contributed by atoms with Gasteiger partial charge in [0, 0.05) is 10.0 Å². The topological polar surface area (TPSA) is 26.0 Å². The maximum absolute atomic E-state index is 6.18. The van der Waals surface area contributed by atoms with Gasteiger partial charge in [-0.2, -0.15) is 0 Å². The van der Waals surface area contributed by atoms with Crippen LogP contribution in [0.4, 0.5) is 0 Å². The minimum atomic E-state index is 0.120. The summed E-state index contributed by atoms with van der Waals surface area (Å²) in [6.07, 6.45) is 2.94. The zero-order valence-electron chi connectivity index (χ0n) is 9.89. The monoisotopic (exact) mass is 259 g/mol. The Hall–Kier alpha value is -0.240. The molecule has 0 spiro atoms. The Labute approximate surface area is 108 Å². The van der Waals surface area contributed by atoms with Crippen molar-refractivity contribution in [3.8, 4) is 0 Å². The quantitative estimate of drug-likeness (QED) is 0.839. The summed E-state index contributed by atoms with van der Waals surface area (Å²) in [6.45, 7) is 5.00. The lowest BCUT2D eigenvalue weighted by Crippen LogP contribution is -2.31. The molecule has 0 aliphatic carbocycles. The maximum Gasteiger partial charge on any atom is 0.0453 e. The summed E-state index contributed by atoms with van der Waals surface area (Å²) < 4.78 is 0. The fourth-order valence-electron chi connectivity index (χ4n) is 1.94. The van der Waals surface area contributed by atoms with Crippen molar-refractivity contribution >= 4 is 23.2 Å². The molecule has 0 unspecified atom stereocenters. The molecule has 3 heteroatoms. The maximum atomic E-state index is 6.18. The summed E-state index contributed by atoms with van der Waals surface area (Å²) in [7, 11) is 0. The van der Waals surface area contributed by atoms with Crippen molar-refractivity contribution in [2.24, 2.45) is 11.1 Å². The van der Waals surface area contributed by atoms with Crippen LogP contribution in [-0.4, -0.2) is 6.54 Å². The second-order valence-electron chi connectivity index (χ2n) is 4.29. The molecule has 0 atom stereocenters. The molecule has 0 fully saturated rings. The van der Waals surface area contributed by atoms with E-state index in [2.05, 4.69) is 13.8 Å². The van der Waals surface area contributed by atoms with Crippen molar-refractivity contribution in [1.82, 2.24) is 0 Å². The Morgan fingerprint density at radius 2 is 1.62 bits per heavy atom. The van der Waals surface area contributed by atoms with Gasteiger partial charge in [0.1, 0.15) is 0 Å². The third kappa shape index (κ3) is 2.91. The van der Waals surface area contributed by atoms with E-state index in [1.165, 1.54) is 0 Å². The van der Waals surface area contributed by atoms with Gasteiger partial charge in [0.2, 0.25) is 0 Å². The predicted octanol–water partition coefficient (Wildman–Crippen LogP) is 4.30. The van der Waals surface area contributed by atoms with Crippen molar-refractivity contribution in [1.29, 1.82) is 0 Å². The molecule has 2 N–H and O–H groups in total. The zero-order chi connectivity index (χ0) is 12.2. The van der Waals surface area contributed by atoms with Gasteiger partial charge in [-0.25, -0.2) is 0 Å². The third-order valence-electron chi connectivity index (χ3n) is 3.55. The first-order valence-corrected chi connectivity index (χ1v) is 6.47. The minimum Gasteiger partial charge on any atom is -0.330 e. The largest absolute Gasteiger partial charge is 0.330 e. The molecule has 0 aliphatic rings. The number of benzene rings is 1. The average molecular weight is 260 g/mol. The van der Waals surface area contributed by atoms with E-state index in [4.69, 9.17) is 28.9 Å². The molecule has 1 aromatic rings. The zero-order valence-corrected chi connectivity index (χ0v) is 11.4. The smallest absolute Gasteiger partial charge is 0.0453 e. The first kappa shape index (κ1) is 13.8. The summed E-state index contributed by atoms with van der Waals surface area (Å²) in [4.78, 5) is 0. The van der Waals surface area contributed by atoms with Crippen LogP contribution in [0.3, 0.4) is 0 Å². The number of hydrogen-bond acceptors (Lipinski definition) is 1. The van der Waals surface area contributed by atoms with Gasteiger partial charge >= 0.3 is 0 Å². The van der Waals surface area contributed by atoms with Crippen LogP contribution in [0.2, 0.25) is 10.0 Å². The molecule has 0 bridgehead atoms. The molecule has 0 amide bonds. The average Bonchev–Trinajstić information content (AvgIpc) is 2.30. The Bertz CT molecular complexity index is 317. The van der Waals surface area contributed by atoms with Crippen LogP contribution in [0.15, 0.2) is 18.2 Å². The Morgan fingerprint density at radius 1 is 1.12 bits per heavy atom. The molecular formula is C13H19Cl2N. The lowest BCUT2D eigenvalue weighted by atomic mass is 9.77. The molecule has 0 saturated carbocycles. The van der Waals surface area contributed by atoms with E-state index in [1.54, 1.807) is 0 Å². The molecule has 1 rings (SSSR count). The van der Waals surface area contributed by atoms with Gasteiger partial charge in [0.25, 0.3) is 0 Å². The van der Waals surface area contributed by atoms with E-state index in [1.807, 2.05) is 18.2 Å². The molecule has 0 radical (unpaired) electrons. The minimum absolute atomic E-state index is 0.120. The molecule has 1 nitrogen and oxygen atoms in total. The van der Waals surface area contributed by atoms with Crippen molar-refractivity contribution in [3.05, 3.63) is 33.8 Å². The molecule has 1 aromatic carbocycles. The predicted molar refractivity (Wildman–Crippen MR) is 72.2 cm³/mol. The highest BCUT2D eigenvalue weighted by atomic mass is 35.5. The normalized spacial score (nSPS) is 11.8. The molecule has 0 saturated heterocycles. The molecule has 0 aliphatic heterocycles. The Morgan fingerprint density at radius 3 is 2.00 bits per heavy atom. The number of hydrogen-bond donors (Lipinski definition) is 1. The highest BCUT2D eigenvalue weighted by Crippen LogP contribution is 2.35. The van der Waals surface area contributed by atoms with Gasteiger partial charge in [0.15, 0.2) is 0 Å². The number of rotatable bonds is 5. The van der Waals surface area contributed by atoms with E-state index in [0.717, 1.165) is 34.9 Å². The summed E-state index contributed by atoms with van der Waals surface area (Å²) >= 11 is 12.4. The standard InChI is InChI=1S/C13H19Cl2N/c1-3-13(4-2,9-16)8-10-11(14)6-5-7-12(10)15/h5-7H,3-4,8-9,16H2,1-2H3. The van der Waals surface area contributed by atoms with Gasteiger partial charge in [-0.1, -0.05) is 43.1 Å². The fourth-order valence-corrected chi connectivity index (χ4v) is 2.47. The number of halogens is 2. The molecule has 90 valence electrons. The molecule has 0 heterocycles. The lowest BCUT2D eigenvalue weighted by molar-refractivity contribution is 0.271. The van der Waals surface area contributed by atoms with Crippen LogP contribution in [-0.2, 0) is 6.42 Å². The van der Waals surface area contributed by atoms with E-state index >= 15 is 0 Å². The van der Waals surface area contributed by atoms with Gasteiger partial charge in [0.05, 0.1) is 0 Å². The second-order valence-corrected chi connectivity index (χ2v) is 5.10. The second kappa shape index (κ2) is 5.90. The van der Waals surface area contributed by atoms with Crippen molar-refractivity contribution in [3.63, 3.8) is 0 Å². The number of nitrogens with two attached hydrogens (primary N) is 1. The highest BCUT2D eigenvalue weighted by molar-refractivity contribution is 6.36. The van der Waals surface area contributed by atoms with Gasteiger partial charge in [-0.3, -0.25) is 0 Å². The van der Waals surface area contributed by atoms with Crippen molar-refractivity contribution in [2.45, 2.75) is 33.1 Å². The van der Waals surface area contributed by atoms with E-state index < -0.39 is 0 Å². The summed E-state index contributed by atoms with van der Waals surface area (Å²) in [6, 6.07) is 5.64. The fraction of sp³-hybridized carbons (Fsp3) is 0.538. The van der Waals surface area contributed by atoms with Crippen LogP contribution in [0.1, 0.15) is 32.3 Å². The van der Waals surface area contributed by atoms with Crippen LogP contribution in [0, 0.1) is 5.41 Å². The lowest BCUT2D eigenvalue weighted by Gasteiger charge is -2.31. The van der Waals surface area contributed by atoms with Crippen molar-refractivity contribution < 1.29 is 0 Å². The Balaban J connectivity index is 3.02. The molecule has 0 aromatic heterocycles. The van der Waals surface area contributed by atoms with Crippen LogP contribution >= 0.6 is 23.2 Å². The van der Waals surface area contributed by atoms with E-state index in [0.29, 0.717) is 6.54 Å². The van der Waals surface area contributed by atoms with E-state index in [-0.39, 0.29) is 5.41 Å². The summed E-state index contributed by atoms with van der Waals surface area (Å²) in [5.74, 6) is 0. The van der Waals surface area contributed by atoms with E-state index in [9.17, 15) is 0 Å².